The summed E-state index contributed by atoms with van der Waals surface area (Å²) in [5, 5.41) is 24.2. The van der Waals surface area contributed by atoms with Crippen molar-refractivity contribution in [2.24, 2.45) is 0 Å². The molecule has 12 heteroatoms. The van der Waals surface area contributed by atoms with Gasteiger partial charge in [-0.3, -0.25) is 9.88 Å². The Bertz CT molecular complexity index is 1480. The normalized spacial score (nSPS) is 22.1. The number of fused-ring (bicyclic) bond motifs is 1. The first kappa shape index (κ1) is 25.8. The van der Waals surface area contributed by atoms with Crippen molar-refractivity contribution >= 4 is 5.52 Å². The Morgan fingerprint density at radius 1 is 1.23 bits per heavy atom. The van der Waals surface area contributed by atoms with Crippen LogP contribution in [0.2, 0.25) is 0 Å². The van der Waals surface area contributed by atoms with Crippen molar-refractivity contribution in [1.29, 1.82) is 0 Å². The van der Waals surface area contributed by atoms with Crippen LogP contribution in [0.3, 0.4) is 0 Å². The lowest BCUT2D eigenvalue weighted by molar-refractivity contribution is -0.0849. The van der Waals surface area contributed by atoms with Gasteiger partial charge in [-0.05, 0) is 51.0 Å². The third-order valence-corrected chi connectivity index (χ3v) is 7.74. The van der Waals surface area contributed by atoms with Crippen LogP contribution in [0.5, 0.6) is 5.75 Å². The fourth-order valence-corrected chi connectivity index (χ4v) is 5.34. The fraction of sp³-hybridized carbons (Fsp3) is 0.481. The van der Waals surface area contributed by atoms with E-state index in [1.807, 2.05) is 26.1 Å². The van der Waals surface area contributed by atoms with Gasteiger partial charge in [0, 0.05) is 24.8 Å². The van der Waals surface area contributed by atoms with Crippen molar-refractivity contribution in [2.75, 3.05) is 32.9 Å². The number of aliphatic hydroxyl groups is 1. The molecule has 2 saturated heterocycles. The number of ether oxygens (including phenoxy) is 2. The Kier molecular flexibility index (Phi) is 6.56. The summed E-state index contributed by atoms with van der Waals surface area (Å²) in [5.41, 5.74) is 2.50. The van der Waals surface area contributed by atoms with Crippen LogP contribution < -0.4 is 4.74 Å². The molecule has 39 heavy (non-hydrogen) atoms. The first-order valence-electron chi connectivity index (χ1n) is 13.0. The van der Waals surface area contributed by atoms with Crippen LogP contribution in [0, 0.1) is 19.7 Å². The molecular weight excluding hydrogens is 508 g/mol. The second-order valence-corrected chi connectivity index (χ2v) is 10.7. The summed E-state index contributed by atoms with van der Waals surface area (Å²) in [4.78, 5) is 6.16. The van der Waals surface area contributed by atoms with E-state index < -0.39 is 23.6 Å². The zero-order valence-electron chi connectivity index (χ0n) is 22.1. The van der Waals surface area contributed by atoms with Gasteiger partial charge in [0.25, 0.3) is 0 Å². The van der Waals surface area contributed by atoms with Gasteiger partial charge in [-0.1, -0.05) is 5.21 Å². The highest BCUT2D eigenvalue weighted by Gasteiger charge is 2.37. The number of likely N-dealkylation sites (tertiary alicyclic amines) is 1. The molecule has 0 spiro atoms. The SMILES string of the molecule is Cc1cnn2cc(-c3nnn(C4CCN(C5COC5)C[C@@H]4F)c3C)cc(OC[C@@](C)(O)c3ccc(F)cn3)c12. The largest absolute Gasteiger partial charge is 0.488 e. The molecule has 0 saturated carbocycles. The summed E-state index contributed by atoms with van der Waals surface area (Å²) in [6, 6.07) is 4.41. The first-order valence-corrected chi connectivity index (χ1v) is 13.0. The predicted octanol–water partition coefficient (Wildman–Crippen LogP) is 3.01. The molecule has 0 aromatic carbocycles. The Balaban J connectivity index is 1.27. The van der Waals surface area contributed by atoms with Gasteiger partial charge >= 0.3 is 0 Å². The summed E-state index contributed by atoms with van der Waals surface area (Å²) in [5.74, 6) is -0.000919. The van der Waals surface area contributed by atoms with Gasteiger partial charge in [-0.25, -0.2) is 18.0 Å². The Morgan fingerprint density at radius 2 is 2.05 bits per heavy atom. The van der Waals surface area contributed by atoms with Crippen LogP contribution in [-0.4, -0.2) is 84.7 Å². The minimum atomic E-state index is -1.47. The van der Waals surface area contributed by atoms with Crippen LogP contribution in [0.1, 0.15) is 36.3 Å². The quantitative estimate of drug-likeness (QED) is 0.383. The van der Waals surface area contributed by atoms with Gasteiger partial charge in [0.1, 0.15) is 41.2 Å². The average Bonchev–Trinajstić information content (AvgIpc) is 3.44. The van der Waals surface area contributed by atoms with E-state index in [0.717, 1.165) is 29.5 Å². The van der Waals surface area contributed by atoms with E-state index in [0.29, 0.717) is 49.2 Å². The number of aryl methyl sites for hydroxylation is 1. The van der Waals surface area contributed by atoms with E-state index in [4.69, 9.17) is 9.47 Å². The van der Waals surface area contributed by atoms with E-state index >= 15 is 4.39 Å². The molecule has 4 aromatic heterocycles. The van der Waals surface area contributed by atoms with Crippen molar-refractivity contribution in [3.05, 3.63) is 59.6 Å². The van der Waals surface area contributed by atoms with E-state index in [2.05, 4.69) is 25.3 Å². The number of aromatic nitrogens is 6. The maximum atomic E-state index is 15.3. The molecule has 1 unspecified atom stereocenters. The number of nitrogens with zero attached hydrogens (tertiary/aromatic N) is 7. The Morgan fingerprint density at radius 3 is 2.74 bits per heavy atom. The molecule has 0 radical (unpaired) electrons. The molecule has 2 fully saturated rings. The molecule has 4 aromatic rings. The number of halogens is 2. The average molecular weight is 540 g/mol. The second-order valence-electron chi connectivity index (χ2n) is 10.7. The monoisotopic (exact) mass is 539 g/mol. The molecule has 10 nitrogen and oxygen atoms in total. The Hall–Kier alpha value is -3.48. The van der Waals surface area contributed by atoms with Gasteiger partial charge in [0.05, 0.1) is 49.1 Å². The van der Waals surface area contributed by atoms with Crippen LogP contribution >= 0.6 is 0 Å². The van der Waals surface area contributed by atoms with Crippen molar-refractivity contribution < 1.29 is 23.4 Å². The summed E-state index contributed by atoms with van der Waals surface area (Å²) in [6.07, 6.45) is 4.19. The molecule has 3 atom stereocenters. The zero-order chi connectivity index (χ0) is 27.3. The van der Waals surface area contributed by atoms with Gasteiger partial charge < -0.3 is 14.6 Å². The van der Waals surface area contributed by atoms with E-state index in [1.54, 1.807) is 22.3 Å². The highest BCUT2D eigenvalue weighted by molar-refractivity contribution is 5.72. The van der Waals surface area contributed by atoms with Gasteiger partial charge in [-0.15, -0.1) is 5.10 Å². The fourth-order valence-electron chi connectivity index (χ4n) is 5.34. The molecule has 6 heterocycles. The molecule has 0 aliphatic carbocycles. The molecule has 1 N–H and O–H groups in total. The van der Waals surface area contributed by atoms with Gasteiger partial charge in [0.2, 0.25) is 0 Å². The van der Waals surface area contributed by atoms with Crippen LogP contribution in [0.4, 0.5) is 8.78 Å². The second kappa shape index (κ2) is 9.92. The number of piperidine rings is 1. The maximum absolute atomic E-state index is 15.3. The maximum Gasteiger partial charge on any atom is 0.146 e. The van der Waals surface area contributed by atoms with Gasteiger partial charge in [0.15, 0.2) is 0 Å². The number of hydrogen-bond acceptors (Lipinski definition) is 8. The highest BCUT2D eigenvalue weighted by atomic mass is 19.1. The summed E-state index contributed by atoms with van der Waals surface area (Å²) in [6.45, 7) is 7.70. The standard InChI is InChI=1S/C27H31F2N7O3/c1-16-9-31-35-11-18(8-23(26(16)35)39-15-27(3,37)24-5-4-19(28)10-30-24)25-17(2)36(33-32-25)22-6-7-34(12-21(22)29)20-13-38-14-20/h4-5,8-11,20-22,37H,6-7,12-15H2,1-3H3/t21-,22?,27+/m0/s1. The van der Waals surface area contributed by atoms with E-state index in [9.17, 15) is 9.50 Å². The molecule has 0 bridgehead atoms. The highest BCUT2D eigenvalue weighted by Crippen LogP contribution is 2.34. The summed E-state index contributed by atoms with van der Waals surface area (Å²) in [7, 11) is 0. The molecule has 6 rings (SSSR count). The van der Waals surface area contributed by atoms with E-state index in [1.165, 1.54) is 12.1 Å². The summed E-state index contributed by atoms with van der Waals surface area (Å²) < 4.78 is 43.4. The molecule has 206 valence electrons. The molecule has 2 aliphatic heterocycles. The lowest BCUT2D eigenvalue weighted by Gasteiger charge is -2.42. The molecule has 0 amide bonds. The zero-order valence-corrected chi connectivity index (χ0v) is 22.1. The Labute approximate surface area is 224 Å². The van der Waals surface area contributed by atoms with Crippen LogP contribution in [0.25, 0.3) is 16.8 Å². The lowest BCUT2D eigenvalue weighted by Crippen LogP contribution is -2.55. The molecular formula is C27H31F2N7O3. The summed E-state index contributed by atoms with van der Waals surface area (Å²) >= 11 is 0. The predicted molar refractivity (Wildman–Crippen MR) is 138 cm³/mol. The van der Waals surface area contributed by atoms with Crippen molar-refractivity contribution in [3.8, 4) is 17.0 Å². The third-order valence-electron chi connectivity index (χ3n) is 7.74. The smallest absolute Gasteiger partial charge is 0.146 e. The van der Waals surface area contributed by atoms with Gasteiger partial charge in [-0.2, -0.15) is 5.10 Å². The first-order chi connectivity index (χ1) is 18.7. The van der Waals surface area contributed by atoms with Crippen molar-refractivity contribution in [2.45, 2.75) is 51.0 Å². The molecule has 2 aliphatic rings. The van der Waals surface area contributed by atoms with E-state index in [-0.39, 0.29) is 12.3 Å². The number of alkyl halides is 1. The minimum absolute atomic E-state index is 0.130. The van der Waals surface area contributed by atoms with Crippen LogP contribution in [-0.2, 0) is 10.3 Å². The number of rotatable bonds is 7. The topological polar surface area (TPSA) is 103 Å². The van der Waals surface area contributed by atoms with Crippen molar-refractivity contribution in [1.82, 2.24) is 34.5 Å². The number of hydrogen-bond donors (Lipinski definition) is 1. The lowest BCUT2D eigenvalue weighted by atomic mass is 10.00. The number of pyridine rings is 2. The minimum Gasteiger partial charge on any atom is -0.488 e. The van der Waals surface area contributed by atoms with Crippen molar-refractivity contribution in [3.63, 3.8) is 0 Å². The van der Waals surface area contributed by atoms with Crippen LogP contribution in [0.15, 0.2) is 36.8 Å². The third kappa shape index (κ3) is 4.77.